The first-order valence-electron chi connectivity index (χ1n) is 6.42. The van der Waals surface area contributed by atoms with Crippen LogP contribution in [0, 0.1) is 5.41 Å². The fourth-order valence-electron chi connectivity index (χ4n) is 1.53. The van der Waals surface area contributed by atoms with Gasteiger partial charge in [-0.3, -0.25) is 9.78 Å². The molecule has 4 heteroatoms. The van der Waals surface area contributed by atoms with E-state index in [4.69, 9.17) is 9.84 Å². The van der Waals surface area contributed by atoms with Gasteiger partial charge >= 0.3 is 5.97 Å². The van der Waals surface area contributed by atoms with E-state index in [0.29, 0.717) is 13.0 Å². The fourth-order valence-corrected chi connectivity index (χ4v) is 1.53. The van der Waals surface area contributed by atoms with E-state index in [0.717, 1.165) is 11.4 Å². The van der Waals surface area contributed by atoms with Crippen molar-refractivity contribution in [2.24, 2.45) is 5.41 Å². The van der Waals surface area contributed by atoms with E-state index in [9.17, 15) is 4.79 Å². The van der Waals surface area contributed by atoms with E-state index >= 15 is 0 Å². The summed E-state index contributed by atoms with van der Waals surface area (Å²) in [6.45, 7) is 9.81. The Morgan fingerprint density at radius 1 is 1.21 bits per heavy atom. The molecule has 0 unspecified atom stereocenters. The average Bonchev–Trinajstić information content (AvgIpc) is 2.25. The molecular formula is C15H23NO3. The van der Waals surface area contributed by atoms with Crippen LogP contribution in [0.1, 0.15) is 46.0 Å². The Labute approximate surface area is 114 Å². The van der Waals surface area contributed by atoms with Gasteiger partial charge in [-0.1, -0.05) is 6.07 Å². The van der Waals surface area contributed by atoms with Crippen LogP contribution in [0.25, 0.3) is 0 Å². The minimum absolute atomic E-state index is 0.210. The summed E-state index contributed by atoms with van der Waals surface area (Å²) >= 11 is 0. The number of hydrogen-bond donors (Lipinski definition) is 1. The number of ether oxygens (including phenoxy) is 1. The molecule has 0 saturated heterocycles. The van der Waals surface area contributed by atoms with Crippen LogP contribution in [0.15, 0.2) is 18.2 Å². The lowest BCUT2D eigenvalue weighted by Crippen LogP contribution is -2.26. The molecule has 106 valence electrons. The summed E-state index contributed by atoms with van der Waals surface area (Å²) in [6.07, 6.45) is 0.408. The summed E-state index contributed by atoms with van der Waals surface area (Å²) in [5, 5.41) is 9.13. The second-order valence-corrected chi connectivity index (χ2v) is 6.39. The van der Waals surface area contributed by atoms with Crippen molar-refractivity contribution in [3.63, 3.8) is 0 Å². The molecule has 1 heterocycles. The third-order valence-electron chi connectivity index (χ3n) is 2.72. The molecule has 0 atom stereocenters. The lowest BCUT2D eigenvalue weighted by atomic mass is 9.88. The number of nitrogens with zero attached hydrogens (tertiary/aromatic N) is 1. The first-order valence-corrected chi connectivity index (χ1v) is 6.42. The van der Waals surface area contributed by atoms with Gasteiger partial charge in [-0.05, 0) is 46.8 Å². The van der Waals surface area contributed by atoms with Crippen molar-refractivity contribution in [1.82, 2.24) is 4.98 Å². The predicted octanol–water partition coefficient (Wildman–Crippen LogP) is 3.05. The number of carboxylic acids is 1. The van der Waals surface area contributed by atoms with Gasteiger partial charge in [-0.25, -0.2) is 0 Å². The summed E-state index contributed by atoms with van der Waals surface area (Å²) in [6, 6.07) is 5.63. The van der Waals surface area contributed by atoms with E-state index in [1.807, 2.05) is 39.0 Å². The van der Waals surface area contributed by atoms with Crippen molar-refractivity contribution in [3.8, 4) is 0 Å². The second-order valence-electron chi connectivity index (χ2n) is 6.39. The number of rotatable bonds is 5. The summed E-state index contributed by atoms with van der Waals surface area (Å²) < 4.78 is 5.67. The van der Waals surface area contributed by atoms with Crippen molar-refractivity contribution < 1.29 is 14.6 Å². The molecule has 4 nitrogen and oxygen atoms in total. The maximum Gasteiger partial charge on any atom is 0.309 e. The van der Waals surface area contributed by atoms with Crippen LogP contribution in [0.3, 0.4) is 0 Å². The Bertz CT molecular complexity index is 447. The minimum Gasteiger partial charge on any atom is -0.481 e. The SMILES string of the molecule is CC(C)(C)OCc1cccc(CC(C)(C)C(=O)O)n1. The maximum absolute atomic E-state index is 11.1. The van der Waals surface area contributed by atoms with Crippen molar-refractivity contribution >= 4 is 5.97 Å². The molecule has 0 aliphatic heterocycles. The van der Waals surface area contributed by atoms with Crippen molar-refractivity contribution in [2.45, 2.75) is 53.2 Å². The first-order chi connectivity index (χ1) is 8.60. The molecule has 0 fully saturated rings. The largest absolute Gasteiger partial charge is 0.481 e. The smallest absolute Gasteiger partial charge is 0.309 e. The second kappa shape index (κ2) is 5.70. The Balaban J connectivity index is 2.75. The van der Waals surface area contributed by atoms with Gasteiger partial charge in [0.05, 0.1) is 23.3 Å². The molecular weight excluding hydrogens is 242 g/mol. The first kappa shape index (κ1) is 15.6. The van der Waals surface area contributed by atoms with E-state index in [-0.39, 0.29) is 5.60 Å². The lowest BCUT2D eigenvalue weighted by Gasteiger charge is -2.20. The molecule has 0 aromatic carbocycles. The number of aliphatic carboxylic acids is 1. The highest BCUT2D eigenvalue weighted by molar-refractivity contribution is 5.73. The minimum atomic E-state index is -0.814. The summed E-state index contributed by atoms with van der Waals surface area (Å²) in [5.41, 5.74) is 0.588. The zero-order valence-corrected chi connectivity index (χ0v) is 12.4. The average molecular weight is 265 g/mol. The topological polar surface area (TPSA) is 59.4 Å². The Hall–Kier alpha value is -1.42. The maximum atomic E-state index is 11.1. The number of carboxylic acid groups (broad SMARTS) is 1. The van der Waals surface area contributed by atoms with Gasteiger partial charge in [0, 0.05) is 12.1 Å². The molecule has 0 bridgehead atoms. The highest BCUT2D eigenvalue weighted by Gasteiger charge is 2.28. The van der Waals surface area contributed by atoms with Crippen LogP contribution in [-0.2, 0) is 22.6 Å². The third-order valence-corrected chi connectivity index (χ3v) is 2.72. The summed E-state index contributed by atoms with van der Waals surface area (Å²) in [5.74, 6) is -0.814. The van der Waals surface area contributed by atoms with Crippen LogP contribution in [-0.4, -0.2) is 21.7 Å². The molecule has 0 aliphatic carbocycles. The summed E-state index contributed by atoms with van der Waals surface area (Å²) in [7, 11) is 0. The molecule has 0 amide bonds. The van der Waals surface area contributed by atoms with Gasteiger partial charge in [-0.2, -0.15) is 0 Å². The Morgan fingerprint density at radius 2 is 1.79 bits per heavy atom. The molecule has 1 aromatic rings. The number of carbonyl (C=O) groups is 1. The number of hydrogen-bond acceptors (Lipinski definition) is 3. The van der Waals surface area contributed by atoms with E-state index < -0.39 is 11.4 Å². The molecule has 0 spiro atoms. The molecule has 0 radical (unpaired) electrons. The molecule has 1 aromatic heterocycles. The fraction of sp³-hybridized carbons (Fsp3) is 0.600. The van der Waals surface area contributed by atoms with Crippen LogP contribution < -0.4 is 0 Å². The zero-order chi connectivity index (χ0) is 14.7. The van der Waals surface area contributed by atoms with Gasteiger partial charge in [-0.15, -0.1) is 0 Å². The molecule has 0 saturated carbocycles. The normalized spacial score (nSPS) is 12.5. The molecule has 0 aliphatic rings. The predicted molar refractivity (Wildman–Crippen MR) is 73.9 cm³/mol. The van der Waals surface area contributed by atoms with E-state index in [1.165, 1.54) is 0 Å². The van der Waals surface area contributed by atoms with Crippen LogP contribution in [0.4, 0.5) is 0 Å². The van der Waals surface area contributed by atoms with Crippen LogP contribution in [0.5, 0.6) is 0 Å². The number of pyridine rings is 1. The van der Waals surface area contributed by atoms with E-state index in [2.05, 4.69) is 4.98 Å². The monoisotopic (exact) mass is 265 g/mol. The lowest BCUT2D eigenvalue weighted by molar-refractivity contribution is -0.146. The Kier molecular flexibility index (Phi) is 4.69. The van der Waals surface area contributed by atoms with Crippen molar-refractivity contribution in [2.75, 3.05) is 0 Å². The molecule has 1 N–H and O–H groups in total. The molecule has 19 heavy (non-hydrogen) atoms. The Morgan fingerprint density at radius 3 is 2.32 bits per heavy atom. The summed E-state index contributed by atoms with van der Waals surface area (Å²) in [4.78, 5) is 15.6. The number of aromatic nitrogens is 1. The van der Waals surface area contributed by atoms with Crippen LogP contribution >= 0.6 is 0 Å². The molecule has 1 rings (SSSR count). The zero-order valence-electron chi connectivity index (χ0n) is 12.4. The van der Waals surface area contributed by atoms with Crippen molar-refractivity contribution in [1.29, 1.82) is 0 Å². The van der Waals surface area contributed by atoms with Gasteiger partial charge in [0.15, 0.2) is 0 Å². The highest BCUT2D eigenvalue weighted by Crippen LogP contribution is 2.21. The van der Waals surface area contributed by atoms with E-state index in [1.54, 1.807) is 13.8 Å². The standard InChI is InChI=1S/C15H23NO3/c1-14(2,3)19-10-12-8-6-7-11(16-12)9-15(4,5)13(17)18/h6-8H,9-10H2,1-5H3,(H,17,18). The van der Waals surface area contributed by atoms with Gasteiger partial charge in [0.25, 0.3) is 0 Å². The quantitative estimate of drug-likeness (QED) is 0.889. The van der Waals surface area contributed by atoms with Crippen molar-refractivity contribution in [3.05, 3.63) is 29.6 Å². The van der Waals surface area contributed by atoms with Gasteiger partial charge in [0.1, 0.15) is 0 Å². The van der Waals surface area contributed by atoms with Gasteiger partial charge < -0.3 is 9.84 Å². The third kappa shape index (κ3) is 5.39. The van der Waals surface area contributed by atoms with Crippen LogP contribution in [0.2, 0.25) is 0 Å². The highest BCUT2D eigenvalue weighted by atomic mass is 16.5. The van der Waals surface area contributed by atoms with Gasteiger partial charge in [0.2, 0.25) is 0 Å².